The first-order valence-corrected chi connectivity index (χ1v) is 6.90. The van der Waals surface area contributed by atoms with Crippen molar-refractivity contribution in [3.8, 4) is 0 Å². The highest BCUT2D eigenvalue weighted by Gasteiger charge is 2.13. The first-order chi connectivity index (χ1) is 8.26. The summed E-state index contributed by atoms with van der Waals surface area (Å²) >= 11 is 6.09. The fraction of sp³-hybridized carbons (Fsp3) is 0.467. The maximum atomic E-state index is 6.09. The number of benzene rings is 1. The Hall–Kier alpha value is -0.950. The molecule has 0 saturated carbocycles. The van der Waals surface area contributed by atoms with Gasteiger partial charge in [0.2, 0.25) is 0 Å². The molecule has 92 valence electrons. The van der Waals surface area contributed by atoms with Gasteiger partial charge < -0.3 is 4.98 Å². The Labute approximate surface area is 108 Å². The van der Waals surface area contributed by atoms with Gasteiger partial charge in [-0.3, -0.25) is 0 Å². The molecule has 17 heavy (non-hydrogen) atoms. The Morgan fingerprint density at radius 2 is 2.12 bits per heavy atom. The molecule has 0 amide bonds. The number of nitrogens with one attached hydrogen (secondary N) is 1. The van der Waals surface area contributed by atoms with Crippen molar-refractivity contribution in [2.45, 2.75) is 45.4 Å². The SMILES string of the molecule is CCCCC(CC)c1c[nH]c2ccc(Cl)cc12. The van der Waals surface area contributed by atoms with Gasteiger partial charge in [0.15, 0.2) is 0 Å². The van der Waals surface area contributed by atoms with Crippen LogP contribution in [0.4, 0.5) is 0 Å². The summed E-state index contributed by atoms with van der Waals surface area (Å²) in [4.78, 5) is 3.35. The van der Waals surface area contributed by atoms with Crippen LogP contribution in [0, 0.1) is 0 Å². The zero-order valence-corrected chi connectivity index (χ0v) is 11.3. The quantitative estimate of drug-likeness (QED) is 0.720. The maximum Gasteiger partial charge on any atom is 0.0457 e. The van der Waals surface area contributed by atoms with Crippen LogP contribution in [-0.2, 0) is 0 Å². The number of H-pyrrole nitrogens is 1. The fourth-order valence-electron chi connectivity index (χ4n) is 2.48. The molecule has 1 N–H and O–H groups in total. The topological polar surface area (TPSA) is 15.8 Å². The molecule has 0 aliphatic carbocycles. The molecule has 0 aliphatic heterocycles. The minimum absolute atomic E-state index is 0.655. The van der Waals surface area contributed by atoms with E-state index >= 15 is 0 Å². The minimum atomic E-state index is 0.655. The molecule has 0 bridgehead atoms. The summed E-state index contributed by atoms with van der Waals surface area (Å²) in [6.07, 6.45) is 7.18. The van der Waals surface area contributed by atoms with Crippen molar-refractivity contribution in [2.75, 3.05) is 0 Å². The van der Waals surface area contributed by atoms with Crippen molar-refractivity contribution in [1.29, 1.82) is 0 Å². The molecular weight excluding hydrogens is 230 g/mol. The highest BCUT2D eigenvalue weighted by Crippen LogP contribution is 2.32. The Kier molecular flexibility index (Phi) is 4.11. The highest BCUT2D eigenvalue weighted by atomic mass is 35.5. The molecule has 1 unspecified atom stereocenters. The van der Waals surface area contributed by atoms with Gasteiger partial charge in [-0.25, -0.2) is 0 Å². The van der Waals surface area contributed by atoms with Crippen molar-refractivity contribution >= 4 is 22.5 Å². The van der Waals surface area contributed by atoms with Gasteiger partial charge in [0.25, 0.3) is 0 Å². The minimum Gasteiger partial charge on any atom is -0.361 e. The largest absolute Gasteiger partial charge is 0.361 e. The lowest BCUT2D eigenvalue weighted by atomic mass is 9.91. The van der Waals surface area contributed by atoms with E-state index in [-0.39, 0.29) is 0 Å². The number of halogens is 1. The summed E-state index contributed by atoms with van der Waals surface area (Å²) in [5.41, 5.74) is 2.62. The summed E-state index contributed by atoms with van der Waals surface area (Å²) < 4.78 is 0. The number of rotatable bonds is 5. The summed E-state index contributed by atoms with van der Waals surface area (Å²) in [5.74, 6) is 0.655. The van der Waals surface area contributed by atoms with Gasteiger partial charge in [-0.1, -0.05) is 38.3 Å². The standard InChI is InChI=1S/C15H20ClN/c1-3-5-6-11(4-2)14-10-17-15-8-7-12(16)9-13(14)15/h7-11,17H,3-6H2,1-2H3. The molecule has 0 radical (unpaired) electrons. The molecule has 1 aromatic heterocycles. The third kappa shape index (κ3) is 2.66. The molecule has 2 rings (SSSR count). The first kappa shape index (κ1) is 12.5. The molecular formula is C15H20ClN. The zero-order chi connectivity index (χ0) is 12.3. The smallest absolute Gasteiger partial charge is 0.0457 e. The van der Waals surface area contributed by atoms with Crippen LogP contribution >= 0.6 is 11.6 Å². The monoisotopic (exact) mass is 249 g/mol. The molecule has 2 aromatic rings. The van der Waals surface area contributed by atoms with E-state index in [1.807, 2.05) is 6.07 Å². The summed E-state index contributed by atoms with van der Waals surface area (Å²) in [6.45, 7) is 4.52. The number of fused-ring (bicyclic) bond motifs is 1. The van der Waals surface area contributed by atoms with Crippen molar-refractivity contribution in [1.82, 2.24) is 4.98 Å². The normalized spacial score (nSPS) is 13.1. The first-order valence-electron chi connectivity index (χ1n) is 6.52. The number of aromatic nitrogens is 1. The lowest BCUT2D eigenvalue weighted by Gasteiger charge is -2.13. The van der Waals surface area contributed by atoms with E-state index in [1.165, 1.54) is 42.1 Å². The van der Waals surface area contributed by atoms with Gasteiger partial charge in [0, 0.05) is 22.1 Å². The van der Waals surface area contributed by atoms with Crippen molar-refractivity contribution < 1.29 is 0 Å². The fourth-order valence-corrected chi connectivity index (χ4v) is 2.65. The van der Waals surface area contributed by atoms with E-state index in [0.29, 0.717) is 5.92 Å². The van der Waals surface area contributed by atoms with Crippen LogP contribution in [-0.4, -0.2) is 4.98 Å². The van der Waals surface area contributed by atoms with Crippen LogP contribution in [0.5, 0.6) is 0 Å². The molecule has 1 nitrogen and oxygen atoms in total. The second-order valence-electron chi connectivity index (χ2n) is 4.68. The summed E-state index contributed by atoms with van der Waals surface area (Å²) in [7, 11) is 0. The number of hydrogen-bond donors (Lipinski definition) is 1. The predicted octanol–water partition coefficient (Wildman–Crippen LogP) is 5.51. The molecule has 0 fully saturated rings. The van der Waals surface area contributed by atoms with Gasteiger partial charge in [-0.2, -0.15) is 0 Å². The summed E-state index contributed by atoms with van der Waals surface area (Å²) in [5, 5.41) is 2.11. The highest BCUT2D eigenvalue weighted by molar-refractivity contribution is 6.31. The van der Waals surface area contributed by atoms with Gasteiger partial charge >= 0.3 is 0 Å². The van der Waals surface area contributed by atoms with E-state index < -0.39 is 0 Å². The van der Waals surface area contributed by atoms with Gasteiger partial charge in [-0.15, -0.1) is 0 Å². The third-order valence-corrected chi connectivity index (χ3v) is 3.75. The molecule has 0 saturated heterocycles. The van der Waals surface area contributed by atoms with Crippen molar-refractivity contribution in [2.24, 2.45) is 0 Å². The van der Waals surface area contributed by atoms with Crippen molar-refractivity contribution in [3.05, 3.63) is 35.0 Å². The van der Waals surface area contributed by atoms with E-state index in [9.17, 15) is 0 Å². The van der Waals surface area contributed by atoms with E-state index in [0.717, 1.165) is 5.02 Å². The van der Waals surface area contributed by atoms with Gasteiger partial charge in [-0.05, 0) is 42.5 Å². The number of unbranched alkanes of at least 4 members (excludes halogenated alkanes) is 1. The van der Waals surface area contributed by atoms with Gasteiger partial charge in [0.1, 0.15) is 0 Å². The molecule has 2 heteroatoms. The maximum absolute atomic E-state index is 6.09. The van der Waals surface area contributed by atoms with Crippen LogP contribution in [0.2, 0.25) is 5.02 Å². The lowest BCUT2D eigenvalue weighted by molar-refractivity contribution is 0.573. The zero-order valence-electron chi connectivity index (χ0n) is 10.6. The van der Waals surface area contributed by atoms with Crippen LogP contribution in [0.3, 0.4) is 0 Å². The van der Waals surface area contributed by atoms with E-state index in [1.54, 1.807) is 0 Å². The second-order valence-corrected chi connectivity index (χ2v) is 5.12. The lowest BCUT2D eigenvalue weighted by Crippen LogP contribution is -1.96. The summed E-state index contributed by atoms with van der Waals surface area (Å²) in [6, 6.07) is 6.09. The second kappa shape index (κ2) is 5.59. The van der Waals surface area contributed by atoms with Gasteiger partial charge in [0.05, 0.1) is 0 Å². The molecule has 0 spiro atoms. The molecule has 1 aromatic carbocycles. The number of aromatic amines is 1. The Morgan fingerprint density at radius 1 is 1.29 bits per heavy atom. The van der Waals surface area contributed by atoms with E-state index in [4.69, 9.17) is 11.6 Å². The Balaban J connectivity index is 2.35. The van der Waals surface area contributed by atoms with E-state index in [2.05, 4.69) is 37.2 Å². The van der Waals surface area contributed by atoms with Crippen molar-refractivity contribution in [3.63, 3.8) is 0 Å². The Morgan fingerprint density at radius 3 is 2.82 bits per heavy atom. The van der Waals surface area contributed by atoms with Crippen LogP contribution in [0.15, 0.2) is 24.4 Å². The van der Waals surface area contributed by atoms with Crippen LogP contribution in [0.1, 0.15) is 51.0 Å². The Bertz CT molecular complexity index is 487. The molecule has 1 atom stereocenters. The number of hydrogen-bond acceptors (Lipinski definition) is 0. The van der Waals surface area contributed by atoms with Crippen LogP contribution in [0.25, 0.3) is 10.9 Å². The molecule has 1 heterocycles. The average Bonchev–Trinajstić information content (AvgIpc) is 2.73. The predicted molar refractivity (Wildman–Crippen MR) is 75.9 cm³/mol. The van der Waals surface area contributed by atoms with Crippen LogP contribution < -0.4 is 0 Å². The average molecular weight is 250 g/mol. The third-order valence-electron chi connectivity index (χ3n) is 3.51. The molecule has 0 aliphatic rings.